The summed E-state index contributed by atoms with van der Waals surface area (Å²) in [5, 5.41) is 269. The topological polar surface area (TPSA) is 768 Å². The molecule has 0 saturated carbocycles. The molecule has 0 aliphatic carbocycles. The third-order valence-corrected chi connectivity index (χ3v) is 20.7. The van der Waals surface area contributed by atoms with Gasteiger partial charge in [-0.15, -0.1) is 0 Å². The van der Waals surface area contributed by atoms with Crippen LogP contribution in [0.15, 0.2) is 0 Å². The summed E-state index contributed by atoms with van der Waals surface area (Å²) in [7, 11) is 0. The van der Waals surface area contributed by atoms with Gasteiger partial charge in [-0.2, -0.15) is 0 Å². The van der Waals surface area contributed by atoms with Crippen LogP contribution in [0.5, 0.6) is 0 Å². The molecule has 9 fully saturated rings. The van der Waals surface area contributed by atoms with Crippen LogP contribution in [0.25, 0.3) is 0 Å². The molecule has 658 valence electrons. The van der Waals surface area contributed by atoms with Gasteiger partial charge < -0.3 is 225 Å². The Morgan fingerprint density at radius 2 is 0.544 bits per heavy atom. The van der Waals surface area contributed by atoms with Crippen LogP contribution in [-0.2, 0) is 104 Å². The van der Waals surface area contributed by atoms with Gasteiger partial charge in [-0.1, -0.05) is 0 Å². The van der Waals surface area contributed by atoms with Crippen molar-refractivity contribution in [3.05, 3.63) is 0 Å². The van der Waals surface area contributed by atoms with E-state index in [2.05, 4.69) is 26.6 Å². The van der Waals surface area contributed by atoms with Crippen molar-refractivity contribution >= 4 is 29.5 Å². The van der Waals surface area contributed by atoms with Crippen LogP contribution >= 0.6 is 0 Å². The van der Waals surface area contributed by atoms with Gasteiger partial charge in [0, 0.05) is 34.6 Å². The van der Waals surface area contributed by atoms with E-state index in [0.717, 1.165) is 34.6 Å². The highest BCUT2D eigenvalue weighted by molar-refractivity contribution is 5.75. The van der Waals surface area contributed by atoms with Crippen molar-refractivity contribution in [1.82, 2.24) is 26.6 Å². The molecule has 0 unspecified atom stereocenters. The Bertz CT molecular complexity index is 3080. The van der Waals surface area contributed by atoms with Gasteiger partial charge >= 0.3 is 0 Å². The molecule has 0 spiro atoms. The molecule has 0 bridgehead atoms. The number of aliphatic hydroxyl groups is 23. The lowest BCUT2D eigenvalue weighted by Crippen LogP contribution is -2.71. The SMILES string of the molecule is CC(=O)N[C@@H]1[C@@H](O)[C@H](O[C@@H]2O[C@H](CO)[C@@H](O[C@@H]3O[C@H](CO[C@H]4O[C@H](CO[C@@H]5O[C@H](CO)[C@@H](O)[C@H](O)[C@H]5NC(C)=O)[C@@H](O)[C@H](O)[C@@H]4O)[C@@H](O)[C@H](O[C@H]4O[C@H](CO)[C@@H](O[C@@H]5O[C@H](CO)[C@@H](O)[C@H](O)[C@H]5NC(C)=O)[C@H](O)[C@@H]4O[C@@H]4O[C@H](CO)[C@@H](O)[C@H](O)[C@H]4NC(C)=O)[C@@H]3O)[C@H](O)[C@H]2NC(C)=O)[C@@H](CO[C@H]2O[C@H](C)[C@H](O)[C@H](O)[C@H]2O)O[C@H]1O. The van der Waals surface area contributed by atoms with E-state index >= 15 is 0 Å². The van der Waals surface area contributed by atoms with Crippen LogP contribution in [0, 0.1) is 0 Å². The Hall–Kier alpha value is -4.25. The molecule has 50 nitrogen and oxygen atoms in total. The summed E-state index contributed by atoms with van der Waals surface area (Å²) in [5.41, 5.74) is 0. The third-order valence-electron chi connectivity index (χ3n) is 20.7. The Labute approximate surface area is 646 Å². The van der Waals surface area contributed by atoms with Crippen LogP contribution in [0.2, 0.25) is 0 Å². The van der Waals surface area contributed by atoms with Crippen molar-refractivity contribution in [1.29, 1.82) is 0 Å². The fourth-order valence-corrected chi connectivity index (χ4v) is 14.6. The molecule has 28 N–H and O–H groups in total. The molecule has 9 aliphatic heterocycles. The van der Waals surface area contributed by atoms with Gasteiger partial charge in [-0.3, -0.25) is 24.0 Å². The Morgan fingerprint density at radius 3 is 1.00 bits per heavy atom. The van der Waals surface area contributed by atoms with Gasteiger partial charge in [-0.25, -0.2) is 0 Å². The minimum Gasteiger partial charge on any atom is -0.394 e. The molecule has 114 heavy (non-hydrogen) atoms. The van der Waals surface area contributed by atoms with Crippen molar-refractivity contribution in [2.24, 2.45) is 0 Å². The van der Waals surface area contributed by atoms with E-state index in [-0.39, 0.29) is 0 Å². The first kappa shape index (κ1) is 93.6. The van der Waals surface area contributed by atoms with Crippen LogP contribution in [0.3, 0.4) is 0 Å². The van der Waals surface area contributed by atoms with Gasteiger partial charge in [0.05, 0.1) is 59.0 Å². The highest BCUT2D eigenvalue weighted by Gasteiger charge is 2.61. The van der Waals surface area contributed by atoms with E-state index in [1.165, 1.54) is 6.92 Å². The van der Waals surface area contributed by atoms with E-state index in [9.17, 15) is 141 Å². The van der Waals surface area contributed by atoms with E-state index in [1.54, 1.807) is 0 Å². The molecule has 45 atom stereocenters. The van der Waals surface area contributed by atoms with Crippen molar-refractivity contribution in [3.8, 4) is 0 Å². The van der Waals surface area contributed by atoms with Gasteiger partial charge in [0.25, 0.3) is 0 Å². The lowest BCUT2D eigenvalue weighted by Gasteiger charge is -2.51. The number of aliphatic hydroxyl groups excluding tert-OH is 23. The smallest absolute Gasteiger partial charge is 0.217 e. The third kappa shape index (κ3) is 21.2. The summed E-state index contributed by atoms with van der Waals surface area (Å²) in [6.45, 7) is -2.12. The number of hydrogen-bond donors (Lipinski definition) is 28. The highest BCUT2D eigenvalue weighted by atomic mass is 16.8. The number of carbonyl (C=O) groups excluding carboxylic acids is 5. The maximum Gasteiger partial charge on any atom is 0.217 e. The molecular weight excluding hydrogens is 1560 g/mol. The lowest BCUT2D eigenvalue weighted by atomic mass is 9.93. The van der Waals surface area contributed by atoms with E-state index in [1.807, 2.05) is 0 Å². The zero-order valence-corrected chi connectivity index (χ0v) is 61.9. The van der Waals surface area contributed by atoms with Gasteiger partial charge in [0.1, 0.15) is 213 Å². The first-order valence-corrected chi connectivity index (χ1v) is 36.5. The molecule has 5 amide bonds. The van der Waals surface area contributed by atoms with Crippen molar-refractivity contribution < 1.29 is 222 Å². The molecule has 0 aromatic heterocycles. The molecule has 9 saturated heterocycles. The molecule has 0 aromatic carbocycles. The number of carbonyl (C=O) groups is 5. The Balaban J connectivity index is 1.07. The summed E-state index contributed by atoms with van der Waals surface area (Å²) < 4.78 is 101. The summed E-state index contributed by atoms with van der Waals surface area (Å²) in [6.07, 6.45) is -81.3. The molecule has 9 aliphatic rings. The standard InChI is InChI=1S/C64H107N5O45/c1-15-34(80)45(91)47(93)61(101-15)100-14-28-53(43(89)29(56(97)102-28)65-16(2)75)111-60-33(69-20(6)79)44(90)51(24(10-73)106-60)112-63-50(96)54(39(85)27(109-63)13-99-62-48(94)46(92)38(84)26(108-62)12-98-57-30(66-17(3)76)40(86)35(81)21(7-70)103-57)113-64-55(114-59-32(68-19(5)78)42(88)37(83)23(9-72)105-59)49(95)52(25(11-74)107-64)110-58-31(67-18(4)77)41(87)36(82)22(8-71)104-58/h15,21-64,70-74,80-97H,7-14H2,1-6H3,(H,65,75)(H,66,76)(H,67,77)(H,68,78)(H,69,79)/t15-,21-,22-,23-,24-,25-,26-,27-,28-,29-,30-,31-,32-,33-,34+,35-,36-,37-,38-,39-,40-,41-,42-,43-,44-,45+,46+,47-,48+,49+,50+,51-,52-,53-,54+,55+,56-,57-,58+,59+,60+,61+,62+,63+,64-/m1/s1. The Morgan fingerprint density at radius 1 is 0.246 bits per heavy atom. The zero-order valence-electron chi connectivity index (χ0n) is 61.9. The van der Waals surface area contributed by atoms with E-state index in [4.69, 9.17) is 80.5 Å². The number of rotatable bonds is 29. The van der Waals surface area contributed by atoms with Crippen molar-refractivity contribution in [3.63, 3.8) is 0 Å². The second kappa shape index (κ2) is 40.9. The second-order valence-corrected chi connectivity index (χ2v) is 29.0. The molecule has 9 heterocycles. The molecule has 50 heteroatoms. The maximum atomic E-state index is 13.2. The minimum atomic E-state index is -2.60. The number of hydrogen-bond acceptors (Lipinski definition) is 45. The molecule has 0 aromatic rings. The second-order valence-electron chi connectivity index (χ2n) is 29.0. The van der Waals surface area contributed by atoms with Crippen LogP contribution in [-0.4, -0.2) is 476 Å². The largest absolute Gasteiger partial charge is 0.394 e. The first-order chi connectivity index (χ1) is 53.8. The molecule has 0 radical (unpaired) electrons. The average molecular weight is 1670 g/mol. The minimum absolute atomic E-state index is 0.763. The number of amides is 5. The summed E-state index contributed by atoms with van der Waals surface area (Å²) in [5.74, 6) is -4.35. The summed E-state index contributed by atoms with van der Waals surface area (Å²) >= 11 is 0. The van der Waals surface area contributed by atoms with Crippen LogP contribution in [0.1, 0.15) is 41.5 Å². The van der Waals surface area contributed by atoms with E-state index < -0.39 is 358 Å². The van der Waals surface area contributed by atoms with Gasteiger partial charge in [-0.05, 0) is 6.92 Å². The lowest BCUT2D eigenvalue weighted by molar-refractivity contribution is -0.402. The van der Waals surface area contributed by atoms with E-state index in [0.29, 0.717) is 0 Å². The fraction of sp³-hybridized carbons (Fsp3) is 0.922. The predicted octanol–water partition coefficient (Wildman–Crippen LogP) is -18.9. The maximum absolute atomic E-state index is 13.2. The molecule has 9 rings (SSSR count). The van der Waals surface area contributed by atoms with Crippen LogP contribution in [0.4, 0.5) is 0 Å². The summed E-state index contributed by atoms with van der Waals surface area (Å²) in [4.78, 5) is 63.2. The Kier molecular flexibility index (Phi) is 33.6. The van der Waals surface area contributed by atoms with Crippen LogP contribution < -0.4 is 26.6 Å². The zero-order chi connectivity index (χ0) is 84.1. The number of nitrogens with one attached hydrogen (secondary N) is 5. The average Bonchev–Trinajstić information content (AvgIpc) is 0.766. The highest BCUT2D eigenvalue weighted by Crippen LogP contribution is 2.40. The monoisotopic (exact) mass is 1670 g/mol. The van der Waals surface area contributed by atoms with Crippen molar-refractivity contribution in [2.75, 3.05) is 52.9 Å². The summed E-state index contributed by atoms with van der Waals surface area (Å²) in [6, 6.07) is -8.94. The first-order valence-electron chi connectivity index (χ1n) is 36.5. The number of ether oxygens (including phenoxy) is 17. The fourth-order valence-electron chi connectivity index (χ4n) is 14.6. The van der Waals surface area contributed by atoms with Gasteiger partial charge in [0.2, 0.25) is 29.5 Å². The van der Waals surface area contributed by atoms with Crippen molar-refractivity contribution in [2.45, 2.75) is 318 Å². The quantitative estimate of drug-likeness (QED) is 0.0331. The molecular formula is C64H107N5O45. The normalized spacial score (nSPS) is 48.2. The van der Waals surface area contributed by atoms with Gasteiger partial charge in [0.15, 0.2) is 56.6 Å². The predicted molar refractivity (Wildman–Crippen MR) is 354 cm³/mol.